The Bertz CT molecular complexity index is 485. The fraction of sp³-hybridized carbons (Fsp3) is 0.0909. The molecule has 1 N–H and O–H groups in total. The molecule has 14 heavy (non-hydrogen) atoms. The first kappa shape index (κ1) is 8.81. The summed E-state index contributed by atoms with van der Waals surface area (Å²) < 4.78 is 1.29. The molecular formula is C11H10NO2. The molecule has 0 spiro atoms. The molecule has 2 rings (SSSR count). The summed E-state index contributed by atoms with van der Waals surface area (Å²) >= 11 is 0. The largest absolute Gasteiger partial charge is 0.464 e. The maximum atomic E-state index is 11.0. The van der Waals surface area contributed by atoms with E-state index in [0.717, 1.165) is 10.9 Å². The molecule has 1 radical (unpaired) electrons. The average Bonchev–Trinajstić information content (AvgIpc) is 2.55. The molecule has 3 nitrogen and oxygen atoms in total. The molecule has 0 saturated carbocycles. The summed E-state index contributed by atoms with van der Waals surface area (Å²) in [6.07, 6.45) is 0.841. The van der Waals surface area contributed by atoms with E-state index < -0.39 is 6.09 Å². The van der Waals surface area contributed by atoms with Crippen molar-refractivity contribution in [3.8, 4) is 0 Å². The summed E-state index contributed by atoms with van der Waals surface area (Å²) in [6, 6.07) is 9.30. The number of hydrogen-bond donors (Lipinski definition) is 1. The van der Waals surface area contributed by atoms with Gasteiger partial charge in [-0.05, 0) is 12.1 Å². The SMILES string of the molecule is C[CH]c1cc2ccccc2n1C(=O)O. The molecule has 0 unspecified atom stereocenters. The highest BCUT2D eigenvalue weighted by Crippen LogP contribution is 2.20. The van der Waals surface area contributed by atoms with Crippen LogP contribution in [0, 0.1) is 6.42 Å². The predicted molar refractivity (Wildman–Crippen MR) is 54.4 cm³/mol. The third kappa shape index (κ3) is 1.18. The molecule has 3 heteroatoms. The smallest absolute Gasteiger partial charge is 0.416 e. The van der Waals surface area contributed by atoms with Gasteiger partial charge in [0, 0.05) is 17.5 Å². The second-order valence-electron chi connectivity index (χ2n) is 3.03. The minimum Gasteiger partial charge on any atom is -0.464 e. The van der Waals surface area contributed by atoms with Crippen LogP contribution in [0.5, 0.6) is 0 Å². The van der Waals surface area contributed by atoms with Crippen LogP contribution in [0.25, 0.3) is 10.9 Å². The van der Waals surface area contributed by atoms with Gasteiger partial charge in [0.1, 0.15) is 0 Å². The summed E-state index contributed by atoms with van der Waals surface area (Å²) in [5.74, 6) is 0. The van der Waals surface area contributed by atoms with Crippen LogP contribution in [-0.2, 0) is 0 Å². The summed E-state index contributed by atoms with van der Waals surface area (Å²) in [4.78, 5) is 11.0. The highest BCUT2D eigenvalue weighted by Gasteiger charge is 2.11. The van der Waals surface area contributed by atoms with Gasteiger partial charge < -0.3 is 5.11 Å². The van der Waals surface area contributed by atoms with E-state index >= 15 is 0 Å². The van der Waals surface area contributed by atoms with Crippen molar-refractivity contribution in [1.29, 1.82) is 0 Å². The Balaban J connectivity index is 2.81. The number of fused-ring (bicyclic) bond motifs is 1. The fourth-order valence-corrected chi connectivity index (χ4v) is 1.60. The van der Waals surface area contributed by atoms with Gasteiger partial charge in [-0.3, -0.25) is 0 Å². The lowest BCUT2D eigenvalue weighted by atomic mass is 10.2. The predicted octanol–water partition coefficient (Wildman–Crippen LogP) is 2.74. The van der Waals surface area contributed by atoms with Gasteiger partial charge in [-0.2, -0.15) is 0 Å². The zero-order valence-electron chi connectivity index (χ0n) is 7.77. The molecule has 0 amide bonds. The lowest BCUT2D eigenvalue weighted by Crippen LogP contribution is -2.09. The molecule has 2 aromatic rings. The van der Waals surface area contributed by atoms with E-state index in [1.165, 1.54) is 4.57 Å². The monoisotopic (exact) mass is 188 g/mol. The molecule has 0 aliphatic heterocycles. The van der Waals surface area contributed by atoms with Crippen LogP contribution < -0.4 is 0 Å². The summed E-state index contributed by atoms with van der Waals surface area (Å²) in [7, 11) is 0. The van der Waals surface area contributed by atoms with Gasteiger partial charge >= 0.3 is 6.09 Å². The van der Waals surface area contributed by atoms with Crippen molar-refractivity contribution in [3.05, 3.63) is 42.4 Å². The Labute approximate surface area is 81.6 Å². The molecule has 1 aromatic heterocycles. The number of hydrogen-bond acceptors (Lipinski definition) is 1. The lowest BCUT2D eigenvalue weighted by Gasteiger charge is -2.01. The van der Waals surface area contributed by atoms with E-state index in [4.69, 9.17) is 5.11 Å². The first-order valence-electron chi connectivity index (χ1n) is 4.37. The molecule has 1 aromatic carbocycles. The molecule has 0 saturated heterocycles. The maximum Gasteiger partial charge on any atom is 0.416 e. The van der Waals surface area contributed by atoms with E-state index in [9.17, 15) is 4.79 Å². The fourth-order valence-electron chi connectivity index (χ4n) is 1.60. The number of aromatic nitrogens is 1. The second kappa shape index (κ2) is 3.18. The summed E-state index contributed by atoms with van der Waals surface area (Å²) in [5, 5.41) is 9.97. The van der Waals surface area contributed by atoms with Crippen LogP contribution >= 0.6 is 0 Å². The number of carboxylic acid groups (broad SMARTS) is 1. The van der Waals surface area contributed by atoms with E-state index in [0.29, 0.717) is 5.69 Å². The van der Waals surface area contributed by atoms with Crippen molar-refractivity contribution in [2.24, 2.45) is 0 Å². The second-order valence-corrected chi connectivity index (χ2v) is 3.03. The lowest BCUT2D eigenvalue weighted by molar-refractivity contribution is 0.197. The molecule has 0 fully saturated rings. The minimum absolute atomic E-state index is 0.707. The quantitative estimate of drug-likeness (QED) is 0.747. The molecular weight excluding hydrogens is 178 g/mol. The van der Waals surface area contributed by atoms with Crippen molar-refractivity contribution in [3.63, 3.8) is 0 Å². The summed E-state index contributed by atoms with van der Waals surface area (Å²) in [5.41, 5.74) is 1.44. The average molecular weight is 188 g/mol. The summed E-state index contributed by atoms with van der Waals surface area (Å²) in [6.45, 7) is 1.83. The minimum atomic E-state index is -0.945. The molecule has 0 bridgehead atoms. The van der Waals surface area contributed by atoms with Crippen LogP contribution in [0.4, 0.5) is 4.79 Å². The molecule has 0 aliphatic rings. The Morgan fingerprint density at radius 1 is 1.43 bits per heavy atom. The van der Waals surface area contributed by atoms with Crippen molar-refractivity contribution in [2.45, 2.75) is 6.92 Å². The maximum absolute atomic E-state index is 11.0. The van der Waals surface area contributed by atoms with E-state index in [2.05, 4.69) is 0 Å². The Kier molecular flexibility index (Phi) is 2.00. The van der Waals surface area contributed by atoms with Crippen molar-refractivity contribution < 1.29 is 9.90 Å². The van der Waals surface area contributed by atoms with Crippen LogP contribution in [0.2, 0.25) is 0 Å². The topological polar surface area (TPSA) is 42.2 Å². The highest BCUT2D eigenvalue weighted by molar-refractivity contribution is 5.90. The molecule has 71 valence electrons. The zero-order valence-corrected chi connectivity index (χ0v) is 7.77. The van der Waals surface area contributed by atoms with Crippen LogP contribution in [0.3, 0.4) is 0 Å². The number of rotatable bonds is 1. The number of nitrogens with zero attached hydrogens (tertiary/aromatic N) is 1. The first-order chi connectivity index (χ1) is 6.74. The van der Waals surface area contributed by atoms with E-state index in [1.54, 1.807) is 12.5 Å². The number of carbonyl (C=O) groups is 1. The third-order valence-electron chi connectivity index (χ3n) is 2.23. The molecule has 0 aliphatic carbocycles. The zero-order chi connectivity index (χ0) is 10.1. The Hall–Kier alpha value is -1.77. The standard InChI is InChI=1S/C11H10NO2/c1-2-9-7-8-5-3-4-6-10(8)12(9)11(13)14/h2-7H,1H3,(H,13,14). The molecule has 0 atom stereocenters. The van der Waals surface area contributed by atoms with Gasteiger partial charge in [0.15, 0.2) is 0 Å². The van der Waals surface area contributed by atoms with Crippen LogP contribution in [0.1, 0.15) is 12.6 Å². The van der Waals surface area contributed by atoms with Gasteiger partial charge in [0.25, 0.3) is 0 Å². The van der Waals surface area contributed by atoms with Crippen LogP contribution in [0.15, 0.2) is 30.3 Å². The normalized spacial score (nSPS) is 10.6. The Morgan fingerprint density at radius 3 is 2.79 bits per heavy atom. The molecule has 1 heterocycles. The van der Waals surface area contributed by atoms with Crippen LogP contribution in [-0.4, -0.2) is 15.8 Å². The van der Waals surface area contributed by atoms with E-state index in [1.807, 2.05) is 31.2 Å². The first-order valence-corrected chi connectivity index (χ1v) is 4.37. The van der Waals surface area contributed by atoms with Gasteiger partial charge in [0.05, 0.1) is 5.52 Å². The van der Waals surface area contributed by atoms with Crippen molar-refractivity contribution in [2.75, 3.05) is 0 Å². The van der Waals surface area contributed by atoms with Crippen molar-refractivity contribution in [1.82, 2.24) is 4.57 Å². The van der Waals surface area contributed by atoms with Gasteiger partial charge in [-0.1, -0.05) is 25.1 Å². The van der Waals surface area contributed by atoms with Gasteiger partial charge in [-0.15, -0.1) is 0 Å². The number of para-hydroxylation sites is 1. The number of benzene rings is 1. The highest BCUT2D eigenvalue weighted by atomic mass is 16.4. The van der Waals surface area contributed by atoms with E-state index in [-0.39, 0.29) is 0 Å². The Morgan fingerprint density at radius 2 is 2.14 bits per heavy atom. The van der Waals surface area contributed by atoms with Crippen molar-refractivity contribution >= 4 is 17.0 Å². The van der Waals surface area contributed by atoms with Gasteiger partial charge in [0.2, 0.25) is 0 Å². The van der Waals surface area contributed by atoms with Gasteiger partial charge in [-0.25, -0.2) is 9.36 Å². The third-order valence-corrected chi connectivity index (χ3v) is 2.23.